The summed E-state index contributed by atoms with van der Waals surface area (Å²) in [6.45, 7) is 3.88. The molecule has 2 aromatic rings. The maximum Gasteiger partial charge on any atom is 0.252 e. The summed E-state index contributed by atoms with van der Waals surface area (Å²) in [5.74, 6) is -0.0646. The monoisotopic (exact) mass is 229 g/mol. The van der Waals surface area contributed by atoms with E-state index in [9.17, 15) is 4.79 Å². The normalized spacial score (nSPS) is 10.5. The Morgan fingerprint density at radius 2 is 2.06 bits per heavy atom. The third-order valence-electron chi connectivity index (χ3n) is 2.38. The number of aromatic nitrogens is 2. The van der Waals surface area contributed by atoms with Gasteiger partial charge < -0.3 is 5.32 Å². The summed E-state index contributed by atoms with van der Waals surface area (Å²) in [5.41, 5.74) is 2.37. The molecule has 0 aliphatic heterocycles. The lowest BCUT2D eigenvalue weighted by Gasteiger charge is -2.11. The van der Waals surface area contributed by atoms with Crippen LogP contribution in [0.3, 0.4) is 0 Å². The molecular formula is C13H15N3O. The molecule has 1 aromatic carbocycles. The number of hydrogen-bond acceptors (Lipinski definition) is 2. The number of H-pyrrole nitrogens is 1. The van der Waals surface area contributed by atoms with E-state index in [2.05, 4.69) is 15.5 Å². The van der Waals surface area contributed by atoms with Crippen LogP contribution in [0.25, 0.3) is 11.3 Å². The van der Waals surface area contributed by atoms with E-state index in [0.29, 0.717) is 5.56 Å². The van der Waals surface area contributed by atoms with Crippen molar-refractivity contribution >= 4 is 5.91 Å². The number of nitrogens with one attached hydrogen (secondary N) is 2. The molecule has 0 saturated carbocycles. The van der Waals surface area contributed by atoms with Crippen LogP contribution in [0.15, 0.2) is 36.5 Å². The largest absolute Gasteiger partial charge is 0.350 e. The summed E-state index contributed by atoms with van der Waals surface area (Å²) < 4.78 is 0. The highest BCUT2D eigenvalue weighted by molar-refractivity contribution is 6.00. The summed E-state index contributed by atoms with van der Waals surface area (Å²) in [7, 11) is 0. The molecule has 88 valence electrons. The average Bonchev–Trinajstić information content (AvgIpc) is 2.81. The van der Waals surface area contributed by atoms with Crippen LogP contribution in [0, 0.1) is 0 Å². The number of hydrogen-bond donors (Lipinski definition) is 2. The van der Waals surface area contributed by atoms with Crippen LogP contribution in [-0.2, 0) is 0 Å². The maximum atomic E-state index is 12.0. The molecule has 17 heavy (non-hydrogen) atoms. The summed E-state index contributed by atoms with van der Waals surface area (Å²) in [6, 6.07) is 9.45. The highest BCUT2D eigenvalue weighted by Crippen LogP contribution is 2.21. The molecular weight excluding hydrogens is 214 g/mol. The zero-order chi connectivity index (χ0) is 12.3. The molecule has 0 fully saturated rings. The van der Waals surface area contributed by atoms with Gasteiger partial charge in [0.15, 0.2) is 0 Å². The van der Waals surface area contributed by atoms with Gasteiger partial charge >= 0.3 is 0 Å². The Kier molecular flexibility index (Phi) is 3.23. The molecule has 0 aliphatic rings. The topological polar surface area (TPSA) is 57.8 Å². The molecule has 0 unspecified atom stereocenters. The van der Waals surface area contributed by atoms with Crippen LogP contribution in [0.2, 0.25) is 0 Å². The Morgan fingerprint density at radius 3 is 2.71 bits per heavy atom. The van der Waals surface area contributed by atoms with Gasteiger partial charge in [0, 0.05) is 23.4 Å². The van der Waals surface area contributed by atoms with Crippen LogP contribution in [0.5, 0.6) is 0 Å². The first-order valence-electron chi connectivity index (χ1n) is 5.58. The zero-order valence-corrected chi connectivity index (χ0v) is 9.90. The number of rotatable bonds is 3. The fraction of sp³-hybridized carbons (Fsp3) is 0.231. The average molecular weight is 229 g/mol. The van der Waals surface area contributed by atoms with Gasteiger partial charge in [0.05, 0.1) is 5.69 Å². The Hall–Kier alpha value is -2.10. The van der Waals surface area contributed by atoms with Gasteiger partial charge in [-0.05, 0) is 26.0 Å². The van der Waals surface area contributed by atoms with Gasteiger partial charge in [0.2, 0.25) is 0 Å². The predicted molar refractivity (Wildman–Crippen MR) is 66.6 cm³/mol. The summed E-state index contributed by atoms with van der Waals surface area (Å²) in [4.78, 5) is 12.0. The van der Waals surface area contributed by atoms with Crippen LogP contribution in [-0.4, -0.2) is 22.1 Å². The van der Waals surface area contributed by atoms with E-state index in [4.69, 9.17) is 0 Å². The van der Waals surface area contributed by atoms with Crippen molar-refractivity contribution in [3.8, 4) is 11.3 Å². The Morgan fingerprint density at radius 1 is 1.29 bits per heavy atom. The van der Waals surface area contributed by atoms with Crippen LogP contribution in [0.1, 0.15) is 24.2 Å². The molecule has 0 bridgehead atoms. The summed E-state index contributed by atoms with van der Waals surface area (Å²) >= 11 is 0. The number of nitrogens with zero attached hydrogens (tertiary/aromatic N) is 1. The molecule has 1 amide bonds. The minimum Gasteiger partial charge on any atom is -0.350 e. The van der Waals surface area contributed by atoms with Gasteiger partial charge in [-0.1, -0.05) is 18.2 Å². The molecule has 1 heterocycles. The second-order valence-electron chi connectivity index (χ2n) is 4.14. The van der Waals surface area contributed by atoms with Crippen molar-refractivity contribution < 1.29 is 4.79 Å². The SMILES string of the molecule is CC(C)NC(=O)c1ccccc1-c1ccn[nH]1. The third kappa shape index (κ3) is 2.53. The van der Waals surface area contributed by atoms with Crippen molar-refractivity contribution in [3.63, 3.8) is 0 Å². The van der Waals surface area contributed by atoms with Crippen molar-refractivity contribution in [1.82, 2.24) is 15.5 Å². The zero-order valence-electron chi connectivity index (χ0n) is 9.90. The number of aromatic amines is 1. The molecule has 4 nitrogen and oxygen atoms in total. The first kappa shape index (κ1) is 11.4. The Balaban J connectivity index is 2.38. The fourth-order valence-electron chi connectivity index (χ4n) is 1.66. The lowest BCUT2D eigenvalue weighted by atomic mass is 10.0. The maximum absolute atomic E-state index is 12.0. The lowest BCUT2D eigenvalue weighted by molar-refractivity contribution is 0.0944. The van der Waals surface area contributed by atoms with Crippen molar-refractivity contribution in [3.05, 3.63) is 42.1 Å². The number of benzene rings is 1. The van der Waals surface area contributed by atoms with Crippen LogP contribution >= 0.6 is 0 Å². The molecule has 2 N–H and O–H groups in total. The molecule has 0 radical (unpaired) electrons. The Labute approximate surface area is 100 Å². The minimum atomic E-state index is -0.0646. The molecule has 2 rings (SSSR count). The van der Waals surface area contributed by atoms with Gasteiger partial charge in [0.1, 0.15) is 0 Å². The molecule has 0 aliphatic carbocycles. The van der Waals surface area contributed by atoms with Gasteiger partial charge in [-0.3, -0.25) is 9.89 Å². The van der Waals surface area contributed by atoms with Crippen LogP contribution < -0.4 is 5.32 Å². The van der Waals surface area contributed by atoms with Gasteiger partial charge in [-0.15, -0.1) is 0 Å². The van der Waals surface area contributed by atoms with E-state index in [1.807, 2.05) is 44.2 Å². The first-order valence-corrected chi connectivity index (χ1v) is 5.58. The van der Waals surface area contributed by atoms with Gasteiger partial charge in [0.25, 0.3) is 5.91 Å². The highest BCUT2D eigenvalue weighted by Gasteiger charge is 2.13. The number of carbonyl (C=O) groups excluding carboxylic acids is 1. The molecule has 0 saturated heterocycles. The van der Waals surface area contributed by atoms with Gasteiger partial charge in [-0.2, -0.15) is 5.10 Å². The number of amides is 1. The lowest BCUT2D eigenvalue weighted by Crippen LogP contribution is -2.30. The second-order valence-corrected chi connectivity index (χ2v) is 4.14. The van der Waals surface area contributed by atoms with E-state index in [0.717, 1.165) is 11.3 Å². The first-order chi connectivity index (χ1) is 8.18. The van der Waals surface area contributed by atoms with E-state index in [1.165, 1.54) is 0 Å². The van der Waals surface area contributed by atoms with Gasteiger partial charge in [-0.25, -0.2) is 0 Å². The summed E-state index contributed by atoms with van der Waals surface area (Å²) in [5, 5.41) is 9.66. The van der Waals surface area contributed by atoms with Crippen molar-refractivity contribution in [2.45, 2.75) is 19.9 Å². The smallest absolute Gasteiger partial charge is 0.252 e. The van der Waals surface area contributed by atoms with Crippen LogP contribution in [0.4, 0.5) is 0 Å². The van der Waals surface area contributed by atoms with Crippen molar-refractivity contribution in [2.24, 2.45) is 0 Å². The van der Waals surface area contributed by atoms with E-state index < -0.39 is 0 Å². The Bertz CT molecular complexity index is 503. The van der Waals surface area contributed by atoms with E-state index in [1.54, 1.807) is 6.20 Å². The second kappa shape index (κ2) is 4.82. The van der Waals surface area contributed by atoms with E-state index >= 15 is 0 Å². The van der Waals surface area contributed by atoms with Crippen molar-refractivity contribution in [1.29, 1.82) is 0 Å². The van der Waals surface area contributed by atoms with E-state index in [-0.39, 0.29) is 11.9 Å². The summed E-state index contributed by atoms with van der Waals surface area (Å²) in [6.07, 6.45) is 1.67. The highest BCUT2D eigenvalue weighted by atomic mass is 16.1. The molecule has 4 heteroatoms. The third-order valence-corrected chi connectivity index (χ3v) is 2.38. The molecule has 0 spiro atoms. The fourth-order valence-corrected chi connectivity index (χ4v) is 1.66. The molecule has 1 aromatic heterocycles. The standard InChI is InChI=1S/C13H15N3O/c1-9(2)15-13(17)11-6-4-3-5-10(11)12-7-8-14-16-12/h3-9H,1-2H3,(H,14,16)(H,15,17). The quantitative estimate of drug-likeness (QED) is 0.847. The molecule has 0 atom stereocenters. The predicted octanol–water partition coefficient (Wildman–Crippen LogP) is 2.21. The van der Waals surface area contributed by atoms with Crippen molar-refractivity contribution in [2.75, 3.05) is 0 Å². The minimum absolute atomic E-state index is 0.0646. The number of carbonyl (C=O) groups is 1.